The summed E-state index contributed by atoms with van der Waals surface area (Å²) in [6.07, 6.45) is 0.818. The topological polar surface area (TPSA) is 140 Å². The van der Waals surface area contributed by atoms with E-state index in [1.807, 2.05) is 30.3 Å². The summed E-state index contributed by atoms with van der Waals surface area (Å²) in [4.78, 5) is 52.3. The van der Waals surface area contributed by atoms with Crippen LogP contribution in [0.3, 0.4) is 0 Å². The van der Waals surface area contributed by atoms with E-state index in [-0.39, 0.29) is 28.8 Å². The fraction of sp³-hybridized carbons (Fsp3) is 0.407. The summed E-state index contributed by atoms with van der Waals surface area (Å²) in [5.41, 5.74) is 7.38. The van der Waals surface area contributed by atoms with Gasteiger partial charge in [-0.05, 0) is 49.9 Å². The number of hydrogen-bond donors (Lipinski definition) is 3. The second-order valence-electron chi connectivity index (χ2n) is 9.40. The van der Waals surface area contributed by atoms with Crippen LogP contribution in [0.1, 0.15) is 42.1 Å². The minimum absolute atomic E-state index is 0.0149. The zero-order valence-electron chi connectivity index (χ0n) is 21.0. The van der Waals surface area contributed by atoms with Gasteiger partial charge in [-0.1, -0.05) is 41.9 Å². The van der Waals surface area contributed by atoms with E-state index in [1.54, 1.807) is 6.92 Å². The standard InChI is InChI=1S/C27H31ClN4O6/c1-16(30-24(34)18-9-10-20(29)19(28)14-18)26(36)32-12-5-8-22(32)25(35)31-21-15-23(33)38-27(21)37-13-11-17-6-3-2-4-7-17/h2-4,6-7,9-10,14,16,21-22,27H,5,8,11-13,15,29H2,1H3,(H,30,34)(H,31,35). The molecule has 2 fully saturated rings. The van der Waals surface area contributed by atoms with Crippen molar-refractivity contribution in [2.75, 3.05) is 18.9 Å². The monoisotopic (exact) mass is 542 g/mol. The Morgan fingerprint density at radius 1 is 1.21 bits per heavy atom. The Morgan fingerprint density at radius 3 is 2.71 bits per heavy atom. The normalized spacial score (nSPS) is 21.6. The van der Waals surface area contributed by atoms with Crippen molar-refractivity contribution < 1.29 is 28.7 Å². The highest BCUT2D eigenvalue weighted by atomic mass is 35.5. The minimum Gasteiger partial charge on any atom is -0.433 e. The molecule has 202 valence electrons. The number of benzene rings is 2. The van der Waals surface area contributed by atoms with Gasteiger partial charge < -0.3 is 30.7 Å². The highest BCUT2D eigenvalue weighted by molar-refractivity contribution is 6.33. The number of nitrogen functional groups attached to an aromatic ring is 1. The molecule has 4 unspecified atom stereocenters. The number of nitrogens with one attached hydrogen (secondary N) is 2. The van der Waals surface area contributed by atoms with Gasteiger partial charge in [-0.2, -0.15) is 0 Å². The molecule has 4 atom stereocenters. The van der Waals surface area contributed by atoms with Crippen LogP contribution < -0.4 is 16.4 Å². The first kappa shape index (κ1) is 27.4. The molecule has 0 radical (unpaired) electrons. The molecule has 0 bridgehead atoms. The lowest BCUT2D eigenvalue weighted by molar-refractivity contribution is -0.165. The maximum absolute atomic E-state index is 13.2. The second kappa shape index (κ2) is 12.3. The van der Waals surface area contributed by atoms with Gasteiger partial charge >= 0.3 is 5.97 Å². The van der Waals surface area contributed by atoms with Crippen LogP contribution in [0.2, 0.25) is 5.02 Å². The average Bonchev–Trinajstić information content (AvgIpc) is 3.52. The molecular formula is C27H31ClN4O6. The van der Waals surface area contributed by atoms with Crippen molar-refractivity contribution >= 4 is 41.0 Å². The molecule has 0 aromatic heterocycles. The fourth-order valence-corrected chi connectivity index (χ4v) is 4.76. The Kier molecular flexibility index (Phi) is 8.85. The number of hydrogen-bond acceptors (Lipinski definition) is 7. The van der Waals surface area contributed by atoms with E-state index in [0.717, 1.165) is 5.56 Å². The van der Waals surface area contributed by atoms with Crippen molar-refractivity contribution in [3.63, 3.8) is 0 Å². The number of nitrogens with two attached hydrogens (primary N) is 1. The number of likely N-dealkylation sites (tertiary alicyclic amines) is 1. The van der Waals surface area contributed by atoms with Gasteiger partial charge in [0.25, 0.3) is 5.91 Å². The smallest absolute Gasteiger partial charge is 0.310 e. The summed E-state index contributed by atoms with van der Waals surface area (Å²) < 4.78 is 11.0. The van der Waals surface area contributed by atoms with Crippen molar-refractivity contribution in [3.8, 4) is 0 Å². The number of halogens is 1. The molecule has 2 aliphatic rings. The van der Waals surface area contributed by atoms with Crippen molar-refractivity contribution in [1.29, 1.82) is 0 Å². The summed E-state index contributed by atoms with van der Waals surface area (Å²) >= 11 is 6.00. The van der Waals surface area contributed by atoms with Crippen LogP contribution in [0.4, 0.5) is 5.69 Å². The predicted molar refractivity (Wildman–Crippen MR) is 140 cm³/mol. The van der Waals surface area contributed by atoms with Gasteiger partial charge in [0.1, 0.15) is 18.1 Å². The molecule has 38 heavy (non-hydrogen) atoms. The van der Waals surface area contributed by atoms with Gasteiger partial charge in [-0.15, -0.1) is 0 Å². The van der Waals surface area contributed by atoms with Crippen LogP contribution in [0.5, 0.6) is 0 Å². The highest BCUT2D eigenvalue weighted by Gasteiger charge is 2.41. The maximum atomic E-state index is 13.2. The number of amides is 3. The molecule has 11 heteroatoms. The van der Waals surface area contributed by atoms with E-state index >= 15 is 0 Å². The first-order valence-corrected chi connectivity index (χ1v) is 12.9. The number of esters is 1. The maximum Gasteiger partial charge on any atom is 0.310 e. The van der Waals surface area contributed by atoms with Crippen molar-refractivity contribution in [2.45, 2.75) is 57.0 Å². The number of carbonyl (C=O) groups is 4. The number of anilines is 1. The molecule has 0 saturated carbocycles. The quantitative estimate of drug-likeness (QED) is 0.325. The Hall–Kier alpha value is -3.63. The highest BCUT2D eigenvalue weighted by Crippen LogP contribution is 2.23. The van der Waals surface area contributed by atoms with Gasteiger partial charge in [0.15, 0.2) is 0 Å². The first-order chi connectivity index (χ1) is 18.2. The van der Waals surface area contributed by atoms with Crippen molar-refractivity contribution in [1.82, 2.24) is 15.5 Å². The summed E-state index contributed by atoms with van der Waals surface area (Å²) in [6, 6.07) is 11.9. The van der Waals surface area contributed by atoms with E-state index in [9.17, 15) is 19.2 Å². The first-order valence-electron chi connectivity index (χ1n) is 12.5. The molecule has 3 amide bonds. The van der Waals surface area contributed by atoms with Crippen LogP contribution in [0, 0.1) is 0 Å². The van der Waals surface area contributed by atoms with E-state index in [2.05, 4.69) is 10.6 Å². The number of ether oxygens (including phenoxy) is 2. The zero-order valence-corrected chi connectivity index (χ0v) is 21.8. The zero-order chi connectivity index (χ0) is 27.2. The largest absolute Gasteiger partial charge is 0.433 e. The molecule has 10 nitrogen and oxygen atoms in total. The van der Waals surface area contributed by atoms with E-state index < -0.39 is 36.3 Å². The average molecular weight is 543 g/mol. The second-order valence-corrected chi connectivity index (χ2v) is 9.81. The number of carbonyl (C=O) groups excluding carboxylic acids is 4. The molecule has 2 aliphatic heterocycles. The van der Waals surface area contributed by atoms with E-state index in [0.29, 0.717) is 38.1 Å². The predicted octanol–water partition coefficient (Wildman–Crippen LogP) is 2.05. The van der Waals surface area contributed by atoms with E-state index in [4.69, 9.17) is 26.8 Å². The van der Waals surface area contributed by atoms with Gasteiger partial charge in [0.2, 0.25) is 18.1 Å². The van der Waals surface area contributed by atoms with Crippen LogP contribution in [0.15, 0.2) is 48.5 Å². The Bertz CT molecular complexity index is 1190. The van der Waals surface area contributed by atoms with Crippen molar-refractivity contribution in [3.05, 3.63) is 64.7 Å². The molecule has 2 saturated heterocycles. The molecule has 2 heterocycles. The Labute approximate surface area is 225 Å². The van der Waals surface area contributed by atoms with Gasteiger partial charge in [0.05, 0.1) is 23.7 Å². The van der Waals surface area contributed by atoms with Gasteiger partial charge in [0, 0.05) is 12.1 Å². The molecule has 4 N–H and O–H groups in total. The number of rotatable bonds is 9. The summed E-state index contributed by atoms with van der Waals surface area (Å²) in [5.74, 6) is -1.71. The SMILES string of the molecule is CC(NC(=O)c1ccc(N)c(Cl)c1)C(=O)N1CCCC1C(=O)NC1CC(=O)OC1OCCc1ccccc1. The van der Waals surface area contributed by atoms with E-state index in [1.165, 1.54) is 23.1 Å². The molecule has 2 aromatic rings. The summed E-state index contributed by atoms with van der Waals surface area (Å²) in [6.45, 7) is 2.26. The van der Waals surface area contributed by atoms with Gasteiger partial charge in [-0.3, -0.25) is 19.2 Å². The third kappa shape index (κ3) is 6.62. The Morgan fingerprint density at radius 2 is 1.97 bits per heavy atom. The summed E-state index contributed by atoms with van der Waals surface area (Å²) in [5, 5.41) is 5.73. The molecule has 2 aromatic carbocycles. The van der Waals surface area contributed by atoms with Crippen LogP contribution in [-0.4, -0.2) is 66.2 Å². The lowest BCUT2D eigenvalue weighted by Gasteiger charge is -2.28. The third-order valence-corrected chi connectivity index (χ3v) is 6.95. The molecular weight excluding hydrogens is 512 g/mol. The molecule has 0 spiro atoms. The summed E-state index contributed by atoms with van der Waals surface area (Å²) in [7, 11) is 0. The number of nitrogens with zero attached hydrogens (tertiary/aromatic N) is 1. The van der Waals surface area contributed by atoms with Crippen molar-refractivity contribution in [2.24, 2.45) is 0 Å². The molecule has 0 aliphatic carbocycles. The van der Waals surface area contributed by atoms with Crippen LogP contribution in [0.25, 0.3) is 0 Å². The lowest BCUT2D eigenvalue weighted by Crippen LogP contribution is -2.54. The van der Waals surface area contributed by atoms with Crippen LogP contribution >= 0.6 is 11.6 Å². The minimum atomic E-state index is -0.898. The van der Waals surface area contributed by atoms with Crippen LogP contribution in [-0.2, 0) is 30.3 Å². The number of cyclic esters (lactones) is 1. The fourth-order valence-electron chi connectivity index (χ4n) is 4.58. The molecule has 4 rings (SSSR count). The van der Waals surface area contributed by atoms with Gasteiger partial charge in [-0.25, -0.2) is 0 Å². The lowest BCUT2D eigenvalue weighted by atomic mass is 10.1. The Balaban J connectivity index is 1.32. The third-order valence-electron chi connectivity index (χ3n) is 6.63.